The molecule has 2 rings (SSSR count). The Labute approximate surface area is 149 Å². The largest absolute Gasteiger partial charge is 0.326 e. The lowest BCUT2D eigenvalue weighted by molar-refractivity contribution is -0.117. The normalized spacial score (nSPS) is 10.4. The fourth-order valence-electron chi connectivity index (χ4n) is 2.74. The molecule has 0 saturated carbocycles. The fraction of sp³-hybridized carbons (Fsp3) is 0.333. The Bertz CT molecular complexity index is 796. The first-order valence-corrected chi connectivity index (χ1v) is 8.50. The van der Waals surface area contributed by atoms with Crippen LogP contribution in [0, 0.1) is 27.7 Å². The van der Waals surface area contributed by atoms with Gasteiger partial charge in [-0.2, -0.15) is 0 Å². The van der Waals surface area contributed by atoms with Gasteiger partial charge < -0.3 is 10.2 Å². The molecule has 0 saturated heterocycles. The summed E-state index contributed by atoms with van der Waals surface area (Å²) in [6.07, 6.45) is 0.250. The first kappa shape index (κ1) is 18.7. The molecule has 132 valence electrons. The monoisotopic (exact) mass is 338 g/mol. The number of carbonyl (C=O) groups excluding carboxylic acids is 2. The quantitative estimate of drug-likeness (QED) is 0.883. The van der Waals surface area contributed by atoms with Crippen LogP contribution >= 0.6 is 0 Å². The Morgan fingerprint density at radius 3 is 2.24 bits per heavy atom. The predicted octanol–water partition coefficient (Wildman–Crippen LogP) is 4.30. The summed E-state index contributed by atoms with van der Waals surface area (Å²) in [6.45, 7) is 9.93. The van der Waals surface area contributed by atoms with Crippen molar-refractivity contribution in [3.8, 4) is 0 Å². The highest BCUT2D eigenvalue weighted by Gasteiger charge is 2.14. The van der Waals surface area contributed by atoms with Crippen LogP contribution in [0.3, 0.4) is 0 Å². The minimum atomic E-state index is -0.0953. The van der Waals surface area contributed by atoms with Crippen LogP contribution < -0.4 is 10.2 Å². The van der Waals surface area contributed by atoms with Crippen LogP contribution in [-0.4, -0.2) is 18.4 Å². The van der Waals surface area contributed by atoms with Crippen molar-refractivity contribution < 1.29 is 9.59 Å². The van der Waals surface area contributed by atoms with Crippen LogP contribution in [0.1, 0.15) is 35.6 Å². The molecular weight excluding hydrogens is 312 g/mol. The van der Waals surface area contributed by atoms with Crippen LogP contribution in [0.25, 0.3) is 0 Å². The third-order valence-corrected chi connectivity index (χ3v) is 4.40. The van der Waals surface area contributed by atoms with Gasteiger partial charge >= 0.3 is 0 Å². The van der Waals surface area contributed by atoms with Crippen molar-refractivity contribution in [2.75, 3.05) is 16.8 Å². The van der Waals surface area contributed by atoms with Gasteiger partial charge in [0.25, 0.3) is 0 Å². The third-order valence-electron chi connectivity index (χ3n) is 4.40. The topological polar surface area (TPSA) is 49.4 Å². The number of aryl methyl sites for hydroxylation is 4. The third kappa shape index (κ3) is 4.92. The van der Waals surface area contributed by atoms with Crippen molar-refractivity contribution in [2.45, 2.75) is 41.0 Å². The number of nitrogens with zero attached hydrogens (tertiary/aromatic N) is 1. The van der Waals surface area contributed by atoms with Gasteiger partial charge in [0.1, 0.15) is 0 Å². The second-order valence-corrected chi connectivity index (χ2v) is 6.56. The highest BCUT2D eigenvalue weighted by Crippen LogP contribution is 2.20. The van der Waals surface area contributed by atoms with E-state index in [0.29, 0.717) is 6.54 Å². The van der Waals surface area contributed by atoms with Crippen molar-refractivity contribution in [1.29, 1.82) is 0 Å². The lowest BCUT2D eigenvalue weighted by Crippen LogP contribution is -2.32. The van der Waals surface area contributed by atoms with Gasteiger partial charge in [0.2, 0.25) is 11.8 Å². The zero-order chi connectivity index (χ0) is 18.6. The van der Waals surface area contributed by atoms with Crippen LogP contribution in [0.5, 0.6) is 0 Å². The molecule has 0 aliphatic rings. The average Bonchev–Trinajstić information content (AvgIpc) is 2.53. The summed E-state index contributed by atoms with van der Waals surface area (Å²) in [7, 11) is 0. The van der Waals surface area contributed by atoms with E-state index in [1.165, 1.54) is 12.5 Å². The Kier molecular flexibility index (Phi) is 5.97. The maximum atomic E-state index is 12.3. The Morgan fingerprint density at radius 1 is 0.920 bits per heavy atom. The van der Waals surface area contributed by atoms with Crippen molar-refractivity contribution in [3.63, 3.8) is 0 Å². The molecule has 2 amide bonds. The van der Waals surface area contributed by atoms with Gasteiger partial charge in [-0.15, -0.1) is 0 Å². The van der Waals surface area contributed by atoms with Crippen LogP contribution in [0.4, 0.5) is 11.4 Å². The number of amides is 2. The van der Waals surface area contributed by atoms with Gasteiger partial charge in [-0.3, -0.25) is 9.59 Å². The van der Waals surface area contributed by atoms with Gasteiger partial charge in [0.05, 0.1) is 0 Å². The molecule has 0 spiro atoms. The number of anilines is 2. The molecule has 4 nitrogen and oxygen atoms in total. The maximum Gasteiger partial charge on any atom is 0.226 e. The molecule has 0 heterocycles. The number of nitrogens with one attached hydrogen (secondary N) is 1. The number of carbonyl (C=O) groups is 2. The molecule has 1 N–H and O–H groups in total. The average molecular weight is 338 g/mol. The molecule has 0 aliphatic heterocycles. The van der Waals surface area contributed by atoms with Gasteiger partial charge in [-0.1, -0.05) is 23.8 Å². The van der Waals surface area contributed by atoms with E-state index in [-0.39, 0.29) is 18.2 Å². The molecule has 0 radical (unpaired) electrons. The van der Waals surface area contributed by atoms with E-state index in [1.54, 1.807) is 4.90 Å². The van der Waals surface area contributed by atoms with Crippen molar-refractivity contribution >= 4 is 23.2 Å². The molecule has 4 heteroatoms. The Balaban J connectivity index is 2.04. The first-order chi connectivity index (χ1) is 11.8. The molecule has 0 unspecified atom stereocenters. The van der Waals surface area contributed by atoms with Crippen molar-refractivity contribution in [3.05, 3.63) is 58.7 Å². The summed E-state index contributed by atoms with van der Waals surface area (Å²) < 4.78 is 0. The summed E-state index contributed by atoms with van der Waals surface area (Å²) >= 11 is 0. The molecule has 0 aromatic heterocycles. The van der Waals surface area contributed by atoms with E-state index >= 15 is 0 Å². The predicted molar refractivity (Wildman–Crippen MR) is 103 cm³/mol. The molecule has 0 aliphatic carbocycles. The van der Waals surface area contributed by atoms with Crippen LogP contribution in [0.2, 0.25) is 0 Å². The molecule has 25 heavy (non-hydrogen) atoms. The molecule has 0 fully saturated rings. The zero-order valence-corrected chi connectivity index (χ0v) is 15.6. The van der Waals surface area contributed by atoms with Crippen molar-refractivity contribution in [2.24, 2.45) is 0 Å². The van der Waals surface area contributed by atoms with Crippen LogP contribution in [0.15, 0.2) is 36.4 Å². The van der Waals surface area contributed by atoms with Gasteiger partial charge in [0, 0.05) is 31.3 Å². The summed E-state index contributed by atoms with van der Waals surface area (Å²) in [5.41, 5.74) is 6.15. The lowest BCUT2D eigenvalue weighted by atomic mass is 10.1. The van der Waals surface area contributed by atoms with Gasteiger partial charge in [-0.25, -0.2) is 0 Å². The van der Waals surface area contributed by atoms with E-state index < -0.39 is 0 Å². The maximum absolute atomic E-state index is 12.3. The minimum Gasteiger partial charge on any atom is -0.326 e. The standard InChI is InChI=1S/C21H26N2O2/c1-14-6-9-20(17(4)12-14)22-21(25)10-11-23(18(5)24)19-8-7-15(2)16(3)13-19/h6-9,12-13H,10-11H2,1-5H3,(H,22,25). The number of benzene rings is 2. The molecule has 2 aromatic carbocycles. The van der Waals surface area contributed by atoms with Gasteiger partial charge in [-0.05, 0) is 62.6 Å². The zero-order valence-electron chi connectivity index (χ0n) is 15.6. The van der Waals surface area contributed by atoms with E-state index in [4.69, 9.17) is 0 Å². The summed E-state index contributed by atoms with van der Waals surface area (Å²) in [4.78, 5) is 25.9. The van der Waals surface area contributed by atoms with Gasteiger partial charge in [0.15, 0.2) is 0 Å². The van der Waals surface area contributed by atoms with E-state index in [9.17, 15) is 9.59 Å². The Morgan fingerprint density at radius 2 is 1.64 bits per heavy atom. The lowest BCUT2D eigenvalue weighted by Gasteiger charge is -2.22. The number of rotatable bonds is 5. The molecular formula is C21H26N2O2. The second kappa shape index (κ2) is 7.97. The highest BCUT2D eigenvalue weighted by molar-refractivity contribution is 5.95. The minimum absolute atomic E-state index is 0.0671. The summed E-state index contributed by atoms with van der Waals surface area (Å²) in [6, 6.07) is 11.8. The smallest absolute Gasteiger partial charge is 0.226 e. The molecule has 0 bridgehead atoms. The molecule has 2 aromatic rings. The number of hydrogen-bond donors (Lipinski definition) is 1. The fourth-order valence-corrected chi connectivity index (χ4v) is 2.74. The van der Waals surface area contributed by atoms with E-state index in [0.717, 1.165) is 28.1 Å². The second-order valence-electron chi connectivity index (χ2n) is 6.56. The highest BCUT2D eigenvalue weighted by atomic mass is 16.2. The summed E-state index contributed by atoms with van der Waals surface area (Å²) in [5.74, 6) is -0.162. The van der Waals surface area contributed by atoms with Crippen molar-refractivity contribution in [1.82, 2.24) is 0 Å². The molecule has 0 atom stereocenters. The van der Waals surface area contributed by atoms with E-state index in [1.807, 2.05) is 64.1 Å². The van der Waals surface area contributed by atoms with Crippen LogP contribution in [-0.2, 0) is 9.59 Å². The summed E-state index contributed by atoms with van der Waals surface area (Å²) in [5, 5.41) is 2.93. The Hall–Kier alpha value is -2.62. The van der Waals surface area contributed by atoms with E-state index in [2.05, 4.69) is 5.32 Å². The first-order valence-electron chi connectivity index (χ1n) is 8.50. The number of hydrogen-bond acceptors (Lipinski definition) is 2. The SMILES string of the molecule is CC(=O)N(CCC(=O)Nc1ccc(C)cc1C)c1ccc(C)c(C)c1.